The Bertz CT molecular complexity index is 410. The molecular formula is C18H29NO2. The maximum atomic E-state index is 6.25. The van der Waals surface area contributed by atoms with Gasteiger partial charge in [-0.3, -0.25) is 0 Å². The van der Waals surface area contributed by atoms with Crippen LogP contribution in [0.1, 0.15) is 45.1 Å². The number of rotatable bonds is 9. The molecule has 118 valence electrons. The van der Waals surface area contributed by atoms with Crippen LogP contribution in [0.2, 0.25) is 0 Å². The first-order valence-electron chi connectivity index (χ1n) is 8.11. The van der Waals surface area contributed by atoms with Crippen LogP contribution in [0.4, 0.5) is 0 Å². The van der Waals surface area contributed by atoms with Crippen molar-refractivity contribution in [3.8, 4) is 5.75 Å². The Morgan fingerprint density at radius 3 is 2.43 bits per heavy atom. The second kappa shape index (κ2) is 7.81. The van der Waals surface area contributed by atoms with E-state index in [1.807, 2.05) is 12.1 Å². The summed E-state index contributed by atoms with van der Waals surface area (Å²) in [6.07, 6.45) is 4.82. The van der Waals surface area contributed by atoms with E-state index >= 15 is 0 Å². The molecule has 1 N–H and O–H groups in total. The molecule has 1 aromatic carbocycles. The van der Waals surface area contributed by atoms with Gasteiger partial charge in [-0.1, -0.05) is 26.0 Å². The molecule has 1 fully saturated rings. The molecule has 0 unspecified atom stereocenters. The molecule has 0 amide bonds. The number of benzene rings is 1. The summed E-state index contributed by atoms with van der Waals surface area (Å²) < 4.78 is 11.4. The Hall–Kier alpha value is -1.06. The van der Waals surface area contributed by atoms with Crippen molar-refractivity contribution in [2.45, 2.75) is 51.7 Å². The predicted molar refractivity (Wildman–Crippen MR) is 86.7 cm³/mol. The molecule has 3 heteroatoms. The molecule has 0 atom stereocenters. The maximum absolute atomic E-state index is 6.25. The summed E-state index contributed by atoms with van der Waals surface area (Å²) in [5.41, 5.74) is 1.33. The summed E-state index contributed by atoms with van der Waals surface area (Å²) in [5.74, 6) is 1.61. The summed E-state index contributed by atoms with van der Waals surface area (Å²) in [7, 11) is 1.69. The van der Waals surface area contributed by atoms with Crippen LogP contribution in [-0.4, -0.2) is 25.8 Å². The molecule has 0 spiro atoms. The molecule has 1 saturated carbocycles. The number of ether oxygens (including phenoxy) is 2. The first kappa shape index (κ1) is 16.3. The zero-order valence-corrected chi connectivity index (χ0v) is 13.7. The monoisotopic (exact) mass is 291 g/mol. The lowest BCUT2D eigenvalue weighted by atomic mass is 9.77. The van der Waals surface area contributed by atoms with Gasteiger partial charge in [0.2, 0.25) is 0 Å². The molecule has 0 heterocycles. The van der Waals surface area contributed by atoms with Gasteiger partial charge in [0, 0.05) is 0 Å². The van der Waals surface area contributed by atoms with Crippen molar-refractivity contribution in [2.75, 3.05) is 20.2 Å². The van der Waals surface area contributed by atoms with Crippen LogP contribution < -0.4 is 10.1 Å². The van der Waals surface area contributed by atoms with Gasteiger partial charge in [0.15, 0.2) is 0 Å². The molecule has 0 saturated heterocycles. The second-order valence-electron chi connectivity index (χ2n) is 6.52. The van der Waals surface area contributed by atoms with E-state index in [-0.39, 0.29) is 5.60 Å². The Kier molecular flexibility index (Phi) is 6.07. The third kappa shape index (κ3) is 5.01. The lowest BCUT2D eigenvalue weighted by Crippen LogP contribution is -2.42. The topological polar surface area (TPSA) is 30.5 Å². The molecule has 0 radical (unpaired) electrons. The van der Waals surface area contributed by atoms with Gasteiger partial charge in [0.25, 0.3) is 0 Å². The average molecular weight is 291 g/mol. The summed E-state index contributed by atoms with van der Waals surface area (Å²) in [4.78, 5) is 0. The minimum absolute atomic E-state index is 0.115. The smallest absolute Gasteiger partial charge is 0.118 e. The Morgan fingerprint density at radius 2 is 1.90 bits per heavy atom. The fraction of sp³-hybridized carbons (Fsp3) is 0.667. The number of nitrogens with one attached hydrogen (secondary N) is 1. The molecular weight excluding hydrogens is 262 g/mol. The first-order valence-corrected chi connectivity index (χ1v) is 8.11. The Morgan fingerprint density at radius 1 is 1.19 bits per heavy atom. The summed E-state index contributed by atoms with van der Waals surface area (Å²) >= 11 is 0. The van der Waals surface area contributed by atoms with Gasteiger partial charge in [-0.25, -0.2) is 0 Å². The zero-order valence-electron chi connectivity index (χ0n) is 13.7. The highest BCUT2D eigenvalue weighted by Gasteiger charge is 2.37. The van der Waals surface area contributed by atoms with Crippen LogP contribution in [-0.2, 0) is 11.3 Å². The van der Waals surface area contributed by atoms with Crippen molar-refractivity contribution in [2.24, 2.45) is 5.92 Å². The first-order chi connectivity index (χ1) is 10.1. The quantitative estimate of drug-likeness (QED) is 0.703. The van der Waals surface area contributed by atoms with Gasteiger partial charge in [0.1, 0.15) is 5.75 Å². The third-order valence-corrected chi connectivity index (χ3v) is 4.28. The molecule has 3 nitrogen and oxygen atoms in total. The van der Waals surface area contributed by atoms with E-state index in [4.69, 9.17) is 9.47 Å². The van der Waals surface area contributed by atoms with E-state index < -0.39 is 0 Å². The zero-order chi connectivity index (χ0) is 15.1. The van der Waals surface area contributed by atoms with Gasteiger partial charge in [-0.15, -0.1) is 0 Å². The molecule has 0 aliphatic heterocycles. The Balaban J connectivity index is 1.75. The third-order valence-electron chi connectivity index (χ3n) is 4.28. The van der Waals surface area contributed by atoms with E-state index in [0.717, 1.165) is 25.3 Å². The van der Waals surface area contributed by atoms with Gasteiger partial charge in [0.05, 0.1) is 19.3 Å². The highest BCUT2D eigenvalue weighted by Crippen LogP contribution is 2.39. The van der Waals surface area contributed by atoms with Gasteiger partial charge in [-0.05, 0) is 62.4 Å². The van der Waals surface area contributed by atoms with E-state index in [1.165, 1.54) is 24.8 Å². The van der Waals surface area contributed by atoms with Crippen molar-refractivity contribution in [3.05, 3.63) is 29.8 Å². The normalized spacial score (nSPS) is 16.8. The van der Waals surface area contributed by atoms with Crippen molar-refractivity contribution in [3.63, 3.8) is 0 Å². The van der Waals surface area contributed by atoms with Gasteiger partial charge < -0.3 is 14.8 Å². The standard InChI is InChI=1S/C18H29NO2/c1-15(2)13-19-12-11-18(9-4-10-18)21-14-16-5-7-17(20-3)8-6-16/h5-8,15,19H,4,9-14H2,1-3H3. The molecule has 1 aliphatic rings. The predicted octanol–water partition coefficient (Wildman–Crippen LogP) is 3.77. The SMILES string of the molecule is COc1ccc(COC2(CCNCC(C)C)CCC2)cc1. The second-order valence-corrected chi connectivity index (χ2v) is 6.52. The van der Waals surface area contributed by atoms with Crippen LogP contribution >= 0.6 is 0 Å². The molecule has 21 heavy (non-hydrogen) atoms. The lowest BCUT2D eigenvalue weighted by Gasteiger charge is -2.42. The van der Waals surface area contributed by atoms with Crippen LogP contribution in [0.5, 0.6) is 5.75 Å². The molecule has 1 aliphatic carbocycles. The van der Waals surface area contributed by atoms with Crippen LogP contribution in [0.3, 0.4) is 0 Å². The lowest BCUT2D eigenvalue weighted by molar-refractivity contribution is -0.114. The van der Waals surface area contributed by atoms with Crippen molar-refractivity contribution >= 4 is 0 Å². The van der Waals surface area contributed by atoms with Gasteiger partial charge >= 0.3 is 0 Å². The Labute approximate surface area is 129 Å². The van der Waals surface area contributed by atoms with Crippen molar-refractivity contribution in [1.29, 1.82) is 0 Å². The number of hydrogen-bond acceptors (Lipinski definition) is 3. The van der Waals surface area contributed by atoms with Crippen LogP contribution in [0.25, 0.3) is 0 Å². The molecule has 1 aromatic rings. The minimum atomic E-state index is 0.115. The van der Waals surface area contributed by atoms with Crippen LogP contribution in [0.15, 0.2) is 24.3 Å². The highest BCUT2D eigenvalue weighted by molar-refractivity contribution is 5.26. The molecule has 0 aromatic heterocycles. The maximum Gasteiger partial charge on any atom is 0.118 e. The van der Waals surface area contributed by atoms with Crippen molar-refractivity contribution < 1.29 is 9.47 Å². The average Bonchev–Trinajstić information content (AvgIpc) is 2.45. The van der Waals surface area contributed by atoms with E-state index in [9.17, 15) is 0 Å². The highest BCUT2D eigenvalue weighted by atomic mass is 16.5. The van der Waals surface area contributed by atoms with E-state index in [2.05, 4.69) is 31.3 Å². The van der Waals surface area contributed by atoms with E-state index in [0.29, 0.717) is 12.5 Å². The summed E-state index contributed by atoms with van der Waals surface area (Å²) in [6, 6.07) is 8.16. The molecule has 0 bridgehead atoms. The fourth-order valence-electron chi connectivity index (χ4n) is 2.70. The largest absolute Gasteiger partial charge is 0.497 e. The summed E-state index contributed by atoms with van der Waals surface area (Å²) in [6.45, 7) is 7.34. The van der Waals surface area contributed by atoms with E-state index in [1.54, 1.807) is 7.11 Å². The summed E-state index contributed by atoms with van der Waals surface area (Å²) in [5, 5.41) is 3.53. The molecule has 2 rings (SSSR count). The minimum Gasteiger partial charge on any atom is -0.497 e. The fourth-order valence-corrected chi connectivity index (χ4v) is 2.70. The number of hydrogen-bond donors (Lipinski definition) is 1. The number of methoxy groups -OCH3 is 1. The van der Waals surface area contributed by atoms with Crippen molar-refractivity contribution in [1.82, 2.24) is 5.32 Å². The van der Waals surface area contributed by atoms with Gasteiger partial charge in [-0.2, -0.15) is 0 Å². The van der Waals surface area contributed by atoms with Crippen LogP contribution in [0, 0.1) is 5.92 Å².